The summed E-state index contributed by atoms with van der Waals surface area (Å²) in [5.74, 6) is 0.444. The first-order valence-corrected chi connectivity index (χ1v) is 8.87. The van der Waals surface area contributed by atoms with Crippen molar-refractivity contribution in [2.75, 3.05) is 25.5 Å². The standard InChI is InChI=1S/C17H19N3O4S/c1-24-15-7-6-12(20(22)23)10-13(15)18-11-17(21)19-8-2-4-14(19)16-5-3-9-25-16/h3,5-7,9-10,14,18H,2,4,8,11H2,1H3. The minimum absolute atomic E-state index is 0.0236. The second-order valence-electron chi connectivity index (χ2n) is 5.76. The van der Waals surface area contributed by atoms with Crippen molar-refractivity contribution in [3.05, 3.63) is 50.7 Å². The molecular weight excluding hydrogens is 342 g/mol. The summed E-state index contributed by atoms with van der Waals surface area (Å²) in [5, 5.41) is 15.9. The van der Waals surface area contributed by atoms with Crippen LogP contribution >= 0.6 is 11.3 Å². The number of hydrogen-bond donors (Lipinski definition) is 1. The van der Waals surface area contributed by atoms with Crippen LogP contribution in [0.3, 0.4) is 0 Å². The molecule has 1 aliphatic rings. The molecule has 1 aliphatic heterocycles. The van der Waals surface area contributed by atoms with Gasteiger partial charge in [0.25, 0.3) is 5.69 Å². The minimum atomic E-state index is -0.472. The Hall–Kier alpha value is -2.61. The van der Waals surface area contributed by atoms with Crippen LogP contribution < -0.4 is 10.1 Å². The number of benzene rings is 1. The highest BCUT2D eigenvalue weighted by Gasteiger charge is 2.30. The number of nitrogens with one attached hydrogen (secondary N) is 1. The molecule has 1 aromatic heterocycles. The molecule has 0 saturated carbocycles. The third kappa shape index (κ3) is 3.74. The van der Waals surface area contributed by atoms with Gasteiger partial charge in [-0.25, -0.2) is 0 Å². The summed E-state index contributed by atoms with van der Waals surface area (Å²) < 4.78 is 5.21. The highest BCUT2D eigenvalue weighted by Crippen LogP contribution is 2.35. The summed E-state index contributed by atoms with van der Waals surface area (Å²) in [6.45, 7) is 0.800. The lowest BCUT2D eigenvalue weighted by Crippen LogP contribution is -2.34. The lowest BCUT2D eigenvalue weighted by molar-refractivity contribution is -0.384. The van der Waals surface area contributed by atoms with Crippen molar-refractivity contribution in [3.63, 3.8) is 0 Å². The Kier molecular flexibility index (Phi) is 5.18. The molecule has 8 heteroatoms. The highest BCUT2D eigenvalue weighted by molar-refractivity contribution is 7.10. The Morgan fingerprint density at radius 1 is 1.48 bits per heavy atom. The van der Waals surface area contributed by atoms with Crippen molar-refractivity contribution in [3.8, 4) is 5.75 Å². The topological polar surface area (TPSA) is 84.7 Å². The van der Waals surface area contributed by atoms with Crippen LogP contribution in [0.5, 0.6) is 5.75 Å². The van der Waals surface area contributed by atoms with Gasteiger partial charge in [0.15, 0.2) is 0 Å². The zero-order valence-electron chi connectivity index (χ0n) is 13.8. The van der Waals surface area contributed by atoms with Crippen LogP contribution in [0.1, 0.15) is 23.8 Å². The van der Waals surface area contributed by atoms with Crippen LogP contribution in [0.4, 0.5) is 11.4 Å². The van der Waals surface area contributed by atoms with Crippen molar-refractivity contribution in [2.24, 2.45) is 0 Å². The van der Waals surface area contributed by atoms with Gasteiger partial charge in [0.2, 0.25) is 5.91 Å². The van der Waals surface area contributed by atoms with Gasteiger partial charge in [-0.2, -0.15) is 0 Å². The van der Waals surface area contributed by atoms with Crippen molar-refractivity contribution in [1.82, 2.24) is 4.90 Å². The number of carbonyl (C=O) groups is 1. The van der Waals surface area contributed by atoms with Crippen molar-refractivity contribution in [2.45, 2.75) is 18.9 Å². The number of non-ortho nitro benzene ring substituents is 1. The van der Waals surface area contributed by atoms with Gasteiger partial charge in [0.05, 0.1) is 30.3 Å². The molecule has 3 rings (SSSR count). The molecule has 1 saturated heterocycles. The van der Waals surface area contributed by atoms with Crippen LogP contribution in [0.25, 0.3) is 0 Å². The van der Waals surface area contributed by atoms with Gasteiger partial charge >= 0.3 is 0 Å². The second-order valence-corrected chi connectivity index (χ2v) is 6.74. The van der Waals surface area contributed by atoms with E-state index in [0.29, 0.717) is 11.4 Å². The second kappa shape index (κ2) is 7.52. The number of nitro groups is 1. The minimum Gasteiger partial charge on any atom is -0.495 e. The summed E-state index contributed by atoms with van der Waals surface area (Å²) in [4.78, 5) is 26.2. The van der Waals surface area contributed by atoms with Crippen LogP contribution in [0.15, 0.2) is 35.7 Å². The lowest BCUT2D eigenvalue weighted by Gasteiger charge is -2.24. The van der Waals surface area contributed by atoms with Crippen LogP contribution in [-0.2, 0) is 4.79 Å². The van der Waals surface area contributed by atoms with Gasteiger partial charge in [-0.3, -0.25) is 14.9 Å². The van der Waals surface area contributed by atoms with Crippen molar-refractivity contribution in [1.29, 1.82) is 0 Å². The van der Waals surface area contributed by atoms with Gasteiger partial charge in [-0.15, -0.1) is 11.3 Å². The Morgan fingerprint density at radius 3 is 3.00 bits per heavy atom. The van der Waals surface area contributed by atoms with E-state index in [9.17, 15) is 14.9 Å². The maximum atomic E-state index is 12.6. The molecule has 0 aliphatic carbocycles. The predicted octanol–water partition coefficient (Wildman–Crippen LogP) is 3.44. The maximum Gasteiger partial charge on any atom is 0.271 e. The Labute approximate surface area is 149 Å². The predicted molar refractivity (Wildman–Crippen MR) is 96.1 cm³/mol. The van der Waals surface area contributed by atoms with E-state index in [1.807, 2.05) is 16.3 Å². The third-order valence-corrected chi connectivity index (χ3v) is 5.24. The Bertz CT molecular complexity index is 763. The largest absolute Gasteiger partial charge is 0.495 e. The first kappa shape index (κ1) is 17.2. The summed E-state index contributed by atoms with van der Waals surface area (Å²) >= 11 is 1.66. The quantitative estimate of drug-likeness (QED) is 0.629. The maximum absolute atomic E-state index is 12.6. The molecule has 2 aromatic rings. The molecule has 1 N–H and O–H groups in total. The van der Waals surface area contributed by atoms with E-state index in [4.69, 9.17) is 4.74 Å². The van der Waals surface area contributed by atoms with E-state index >= 15 is 0 Å². The number of carbonyl (C=O) groups excluding carboxylic acids is 1. The number of rotatable bonds is 6. The molecular formula is C17H19N3O4S. The fourth-order valence-electron chi connectivity index (χ4n) is 3.06. The number of nitro benzene ring substituents is 1. The van der Waals surface area contributed by atoms with E-state index in [-0.39, 0.29) is 24.2 Å². The number of hydrogen-bond acceptors (Lipinski definition) is 6. The smallest absolute Gasteiger partial charge is 0.271 e. The molecule has 1 amide bonds. The molecule has 7 nitrogen and oxygen atoms in total. The van der Waals surface area contributed by atoms with Gasteiger partial charge in [0.1, 0.15) is 5.75 Å². The number of amides is 1. The number of methoxy groups -OCH3 is 1. The van der Waals surface area contributed by atoms with Crippen LogP contribution in [0.2, 0.25) is 0 Å². The molecule has 1 fully saturated rings. The number of ether oxygens (including phenoxy) is 1. The number of likely N-dealkylation sites (tertiary alicyclic amines) is 1. The molecule has 25 heavy (non-hydrogen) atoms. The summed E-state index contributed by atoms with van der Waals surface area (Å²) in [6, 6.07) is 8.45. The van der Waals surface area contributed by atoms with Crippen LogP contribution in [-0.4, -0.2) is 35.9 Å². The average molecular weight is 361 g/mol. The van der Waals surface area contributed by atoms with Crippen molar-refractivity contribution < 1.29 is 14.5 Å². The normalized spacial score (nSPS) is 16.7. The van der Waals surface area contributed by atoms with E-state index in [1.165, 1.54) is 30.2 Å². The Balaban J connectivity index is 1.70. The first-order chi connectivity index (χ1) is 12.1. The monoisotopic (exact) mass is 361 g/mol. The zero-order chi connectivity index (χ0) is 17.8. The van der Waals surface area contributed by atoms with Gasteiger partial charge in [-0.05, 0) is 30.4 Å². The molecule has 1 unspecified atom stereocenters. The van der Waals surface area contributed by atoms with E-state index in [2.05, 4.69) is 11.4 Å². The number of anilines is 1. The third-order valence-electron chi connectivity index (χ3n) is 4.27. The molecule has 0 radical (unpaired) electrons. The first-order valence-electron chi connectivity index (χ1n) is 7.99. The molecule has 2 heterocycles. The lowest BCUT2D eigenvalue weighted by atomic mass is 10.2. The summed E-state index contributed by atoms with van der Waals surface area (Å²) in [5.41, 5.74) is 0.394. The van der Waals surface area contributed by atoms with E-state index in [1.54, 1.807) is 11.3 Å². The SMILES string of the molecule is COc1ccc([N+](=O)[O-])cc1NCC(=O)N1CCCC1c1cccs1. The highest BCUT2D eigenvalue weighted by atomic mass is 32.1. The van der Waals surface area contributed by atoms with E-state index in [0.717, 1.165) is 19.4 Å². The summed E-state index contributed by atoms with van der Waals surface area (Å²) in [6.07, 6.45) is 1.95. The molecule has 1 aromatic carbocycles. The van der Waals surface area contributed by atoms with Crippen LogP contribution in [0, 0.1) is 10.1 Å². The van der Waals surface area contributed by atoms with Gasteiger partial charge < -0.3 is 15.0 Å². The van der Waals surface area contributed by atoms with Crippen molar-refractivity contribution >= 4 is 28.6 Å². The Morgan fingerprint density at radius 2 is 2.32 bits per heavy atom. The molecule has 0 bridgehead atoms. The van der Waals surface area contributed by atoms with Gasteiger partial charge in [-0.1, -0.05) is 6.07 Å². The summed E-state index contributed by atoms with van der Waals surface area (Å²) in [7, 11) is 1.49. The zero-order valence-corrected chi connectivity index (χ0v) is 14.6. The number of thiophene rings is 1. The molecule has 132 valence electrons. The number of nitrogens with zero attached hydrogens (tertiary/aromatic N) is 2. The molecule has 1 atom stereocenters. The van der Waals surface area contributed by atoms with Gasteiger partial charge in [0, 0.05) is 23.6 Å². The fourth-order valence-corrected chi connectivity index (χ4v) is 3.94. The fraction of sp³-hybridized carbons (Fsp3) is 0.353. The van der Waals surface area contributed by atoms with E-state index < -0.39 is 4.92 Å². The average Bonchev–Trinajstić information content (AvgIpc) is 3.29. The molecule has 0 spiro atoms.